The maximum Gasteiger partial charge on any atom is 0.329 e. The number of cyclic esters (lactones) is 2. The number of nitrogen functional groups attached to an aromatic ring is 1. The Morgan fingerprint density at radius 3 is 1.83 bits per heavy atom. The first-order chi connectivity index (χ1) is 43.4. The van der Waals surface area contributed by atoms with Crippen LogP contribution in [0.25, 0.3) is 22.6 Å². The second kappa shape index (κ2) is 28.2. The van der Waals surface area contributed by atoms with E-state index in [1.54, 1.807) is 55.4 Å². The molecule has 7 rings (SSSR count). The zero-order chi connectivity index (χ0) is 69.6. The summed E-state index contributed by atoms with van der Waals surface area (Å²) in [5.74, 6) is -15.3. The van der Waals surface area contributed by atoms with Crippen LogP contribution < -0.4 is 32.4 Å². The van der Waals surface area contributed by atoms with Crippen molar-refractivity contribution < 1.29 is 81.3 Å². The third-order valence-corrected chi connectivity index (χ3v) is 18.2. The number of aliphatic hydroxyl groups excluding tert-OH is 1. The largest absolute Gasteiger partial charge is 0.458 e. The number of benzene rings is 2. The van der Waals surface area contributed by atoms with Crippen LogP contribution in [0.4, 0.5) is 5.69 Å². The number of nitrogens with two attached hydrogens (primary N) is 1. The molecule has 0 bridgehead atoms. The van der Waals surface area contributed by atoms with Gasteiger partial charge in [-0.05, 0) is 77.3 Å². The highest BCUT2D eigenvalue weighted by atomic mass is 35.5. The fourth-order valence-corrected chi connectivity index (χ4v) is 12.4. The minimum atomic E-state index is -2.09. The molecule has 5 heterocycles. The molecule has 7 N–H and O–H groups in total. The third-order valence-electron chi connectivity index (χ3n) is 17.9. The number of esters is 2. The number of hydrogen-bond donors (Lipinski definition) is 6. The molecule has 506 valence electrons. The van der Waals surface area contributed by atoms with E-state index in [9.17, 15) is 62.6 Å². The molecular formula is C62H83ClN12O18. The van der Waals surface area contributed by atoms with Gasteiger partial charge in [0.1, 0.15) is 71.8 Å². The fraction of sp³-hybridized carbons (Fsp3) is 0.597. The topological polar surface area (TPSA) is 397 Å². The second-order valence-corrected chi connectivity index (χ2v) is 25.9. The highest BCUT2D eigenvalue weighted by molar-refractivity contribution is 6.19. The molecule has 1 aliphatic carbocycles. The zero-order valence-corrected chi connectivity index (χ0v) is 55.7. The van der Waals surface area contributed by atoms with Crippen molar-refractivity contribution in [3.8, 4) is 11.5 Å². The molecule has 0 spiro atoms. The number of ether oxygens (including phenoxy) is 2. The number of aliphatic hydroxyl groups is 1. The van der Waals surface area contributed by atoms with Crippen molar-refractivity contribution in [3.63, 3.8) is 0 Å². The van der Waals surface area contributed by atoms with E-state index >= 15 is 9.59 Å². The molecule has 4 saturated heterocycles. The summed E-state index contributed by atoms with van der Waals surface area (Å²) in [4.78, 5) is 212. The number of carbonyl (C=O) groups excluding carboxylic acids is 13. The molecule has 0 radical (unpaired) electrons. The molecule has 0 unspecified atom stereocenters. The summed E-state index contributed by atoms with van der Waals surface area (Å²) in [5.41, 5.74) is 2.91. The Labute approximate surface area is 541 Å². The summed E-state index contributed by atoms with van der Waals surface area (Å²) in [6.07, 6.45) is -5.24. The van der Waals surface area contributed by atoms with Gasteiger partial charge >= 0.3 is 11.9 Å². The molecule has 6 aliphatic rings. The molecule has 93 heavy (non-hydrogen) atoms. The SMILES string of the molecule is Cc1c2oc3c(C)ccc(C(=O)N[C@@H]4C(=O)N[C@H](C(C)C)C(=O)N5[C@H](C(=O)N(C)CC(=O)N(C)[C@@H](C(C)C)C(=O)O[C@@H]4C)[C@@H](O)C[C@@H]5C)c3nc-2c(C(=O)N[C@@H]2C(=O)N[C@H](C(C)C)C(=O)N3[C@H](C)C(=O)C[C@H]3C(=O)N(C)CC(=O)N(C)[C@@H](C)C(=O)O[C@H]2CCl)c(N)c1=O. The summed E-state index contributed by atoms with van der Waals surface area (Å²) >= 11 is 6.49. The fourth-order valence-electron chi connectivity index (χ4n) is 12.2. The van der Waals surface area contributed by atoms with Gasteiger partial charge in [-0.25, -0.2) is 14.6 Å². The Morgan fingerprint density at radius 2 is 1.26 bits per heavy atom. The number of nitrogens with zero attached hydrogens (tertiary/aromatic N) is 7. The van der Waals surface area contributed by atoms with Gasteiger partial charge in [-0.15, -0.1) is 11.6 Å². The number of rotatable bonds is 8. The van der Waals surface area contributed by atoms with Crippen molar-refractivity contribution in [1.82, 2.24) is 55.7 Å². The zero-order valence-electron chi connectivity index (χ0n) is 54.9. The van der Waals surface area contributed by atoms with Gasteiger partial charge in [-0.2, -0.15) is 0 Å². The standard InChI is InChI=1S/C62H83ClN12O18/c1-24(2)42-58(86)74-28(8)19-36(77)49(74)60(88)71(14)23-39(79)73(16)48(26(5)6)62(90)91-32(12)44(55(83)66-42)68-53(81)33-18-17-27(7)51-45(33)65-47-40(41(64)50(80)29(9)52(47)93-51)54(82)69-46-37(21-63)92-61(89)31(11)72(15)38(78)22-70(13)57(85)34-20-35(76)30(10)75(34)59(87)43(25(3)4)67-56(46)84/h17-18,24-26,28,30-32,34,36-37,42-44,46,48-49,77H,19-23,64H2,1-16H3,(H,66,83)(H,67,84)(H,68,81)(H,69,82)/t28-,30+,31-,32+,34-,36-,37-,42+,43+,44-,46-,48-,49-/m0/s1. The number of likely N-dealkylation sites (N-methyl/N-ethyl adjacent to an activating group) is 4. The number of alkyl halides is 1. The molecule has 10 amide bonds. The second-order valence-electron chi connectivity index (χ2n) is 25.6. The summed E-state index contributed by atoms with van der Waals surface area (Å²) in [6.45, 7) is 16.9. The van der Waals surface area contributed by atoms with Crippen molar-refractivity contribution in [2.45, 2.75) is 175 Å². The van der Waals surface area contributed by atoms with Crippen LogP contribution in [0.15, 0.2) is 21.3 Å². The summed E-state index contributed by atoms with van der Waals surface area (Å²) in [6, 6.07) is -11.7. The van der Waals surface area contributed by atoms with Crippen molar-refractivity contribution in [2.75, 3.05) is 52.9 Å². The Hall–Kier alpha value is -8.80. The number of amides is 10. The maximum absolute atomic E-state index is 15.2. The molecule has 1 aromatic rings. The summed E-state index contributed by atoms with van der Waals surface area (Å²) in [5, 5.41) is 21.6. The lowest BCUT2D eigenvalue weighted by atomic mass is 9.98. The van der Waals surface area contributed by atoms with E-state index in [-0.39, 0.29) is 34.4 Å². The molecule has 0 aromatic heterocycles. The van der Waals surface area contributed by atoms with Gasteiger partial charge in [-0.1, -0.05) is 47.6 Å². The van der Waals surface area contributed by atoms with Crippen LogP contribution in [0, 0.1) is 31.6 Å². The number of halogens is 1. The Bertz CT molecular complexity index is 3590. The molecule has 13 atom stereocenters. The lowest BCUT2D eigenvalue weighted by Gasteiger charge is -2.37. The molecule has 31 heteroatoms. The Balaban J connectivity index is 1.34. The maximum atomic E-state index is 15.2. The van der Waals surface area contributed by atoms with E-state index in [2.05, 4.69) is 21.3 Å². The minimum Gasteiger partial charge on any atom is -0.458 e. The number of aromatic nitrogens is 1. The van der Waals surface area contributed by atoms with E-state index in [0.29, 0.717) is 5.56 Å². The van der Waals surface area contributed by atoms with Gasteiger partial charge in [0.25, 0.3) is 11.8 Å². The van der Waals surface area contributed by atoms with E-state index in [1.165, 1.54) is 68.0 Å². The van der Waals surface area contributed by atoms with Gasteiger partial charge in [0, 0.05) is 46.2 Å². The monoisotopic (exact) mass is 1320 g/mol. The average Bonchev–Trinajstić information content (AvgIpc) is 1.48. The number of anilines is 1. The molecule has 1 aromatic carbocycles. The predicted octanol–water partition coefficient (Wildman–Crippen LogP) is -0.765. The van der Waals surface area contributed by atoms with Crippen LogP contribution in [0.5, 0.6) is 0 Å². The number of hydrogen-bond acceptors (Lipinski definition) is 20. The molecule has 30 nitrogen and oxygen atoms in total. The van der Waals surface area contributed by atoms with E-state index in [1.807, 2.05) is 0 Å². The Kier molecular flexibility index (Phi) is 21.7. The highest BCUT2D eigenvalue weighted by Crippen LogP contribution is 2.36. The van der Waals surface area contributed by atoms with Crippen LogP contribution in [-0.2, 0) is 62.2 Å². The molecule has 4 fully saturated rings. The molecule has 0 saturated carbocycles. The Morgan fingerprint density at radius 1 is 0.710 bits per heavy atom. The van der Waals surface area contributed by atoms with E-state index in [4.69, 9.17) is 36.2 Å². The first kappa shape index (κ1) is 71.6. The van der Waals surface area contributed by atoms with Crippen molar-refractivity contribution >= 4 is 105 Å². The van der Waals surface area contributed by atoms with Gasteiger partial charge in [-0.3, -0.25) is 57.5 Å². The number of nitrogens with one attached hydrogen (secondary N) is 4. The first-order valence-electron chi connectivity index (χ1n) is 30.6. The number of ketones is 1. The smallest absolute Gasteiger partial charge is 0.329 e. The van der Waals surface area contributed by atoms with Crippen LogP contribution in [0.2, 0.25) is 0 Å². The van der Waals surface area contributed by atoms with Gasteiger partial charge < -0.3 is 75.4 Å². The van der Waals surface area contributed by atoms with E-state index in [0.717, 1.165) is 29.4 Å². The van der Waals surface area contributed by atoms with Crippen LogP contribution in [0.1, 0.15) is 114 Å². The van der Waals surface area contributed by atoms with Crippen LogP contribution >= 0.6 is 11.6 Å². The molecular weight excluding hydrogens is 1240 g/mol. The highest BCUT2D eigenvalue weighted by Gasteiger charge is 2.52. The quantitative estimate of drug-likeness (QED) is 0.0698. The van der Waals surface area contributed by atoms with Crippen molar-refractivity contribution in [1.29, 1.82) is 0 Å². The van der Waals surface area contributed by atoms with Crippen molar-refractivity contribution in [3.05, 3.63) is 44.6 Å². The van der Waals surface area contributed by atoms with Gasteiger partial charge in [0.05, 0.1) is 47.9 Å². The summed E-state index contributed by atoms with van der Waals surface area (Å²) < 4.78 is 18.1. The lowest BCUT2D eigenvalue weighted by molar-refractivity contribution is -0.163. The normalized spacial score (nSPS) is 28.1. The first-order valence-corrected chi connectivity index (χ1v) is 31.1. The molecule has 5 aliphatic heterocycles. The minimum absolute atomic E-state index is 0.0330. The van der Waals surface area contributed by atoms with Crippen LogP contribution in [0.3, 0.4) is 0 Å². The average molecular weight is 1320 g/mol. The van der Waals surface area contributed by atoms with E-state index < -0.39 is 221 Å². The number of carbonyl (C=O) groups is 13. The predicted molar refractivity (Wildman–Crippen MR) is 332 cm³/mol. The lowest BCUT2D eigenvalue weighted by Crippen LogP contribution is -2.62. The summed E-state index contributed by atoms with van der Waals surface area (Å²) in [7, 11) is 5.16. The number of aryl methyl sites for hydroxylation is 1. The van der Waals surface area contributed by atoms with Gasteiger partial charge in [0.15, 0.2) is 17.1 Å². The van der Waals surface area contributed by atoms with Crippen LogP contribution in [-0.4, -0.2) is 242 Å². The number of Topliss-reactive ketones (excluding diaryl/α,β-unsaturated/α-hetero) is 1. The third kappa shape index (κ3) is 14.0. The van der Waals surface area contributed by atoms with Gasteiger partial charge in [0.2, 0.25) is 52.7 Å². The number of fused-ring (bicyclic) bond motifs is 4. The van der Waals surface area contributed by atoms with Crippen molar-refractivity contribution in [2.24, 2.45) is 17.8 Å².